The molecule has 1 saturated heterocycles. The van der Waals surface area contributed by atoms with Crippen LogP contribution in [-0.4, -0.2) is 59.2 Å². The van der Waals surface area contributed by atoms with E-state index in [1.54, 1.807) is 0 Å². The number of hydrogen-bond acceptors (Lipinski definition) is 2. The summed E-state index contributed by atoms with van der Waals surface area (Å²) >= 11 is 11.9. The van der Waals surface area contributed by atoms with E-state index < -0.39 is 0 Å². The van der Waals surface area contributed by atoms with Crippen molar-refractivity contribution in [1.82, 2.24) is 9.80 Å². The van der Waals surface area contributed by atoms with Crippen LogP contribution in [0.1, 0.15) is 26.2 Å². The van der Waals surface area contributed by atoms with Crippen LogP contribution in [0.2, 0.25) is 0 Å². The number of amides is 1. The van der Waals surface area contributed by atoms with E-state index >= 15 is 0 Å². The van der Waals surface area contributed by atoms with Crippen molar-refractivity contribution in [3.63, 3.8) is 0 Å². The molecule has 0 spiro atoms. The van der Waals surface area contributed by atoms with Gasteiger partial charge in [-0.2, -0.15) is 0 Å². The summed E-state index contributed by atoms with van der Waals surface area (Å²) in [6.07, 6.45) is 3.51. The third-order valence-corrected chi connectivity index (χ3v) is 5.21. The number of hydrogen-bond donors (Lipinski definition) is 0. The van der Waals surface area contributed by atoms with Gasteiger partial charge in [0, 0.05) is 37.6 Å². The van der Waals surface area contributed by atoms with E-state index in [4.69, 9.17) is 23.2 Å². The highest BCUT2D eigenvalue weighted by molar-refractivity contribution is 6.27. The van der Waals surface area contributed by atoms with E-state index in [1.807, 2.05) is 4.90 Å². The molecule has 0 radical (unpaired) electrons. The Balaban J connectivity index is 1.81. The van der Waals surface area contributed by atoms with E-state index in [1.165, 1.54) is 12.8 Å². The summed E-state index contributed by atoms with van der Waals surface area (Å²) in [6, 6.07) is 0.656. The Labute approximate surface area is 119 Å². The monoisotopic (exact) mass is 292 g/mol. The Bertz CT molecular complexity index is 293. The van der Waals surface area contributed by atoms with Crippen LogP contribution in [0, 0.1) is 5.92 Å². The first-order chi connectivity index (χ1) is 8.61. The van der Waals surface area contributed by atoms with Gasteiger partial charge in [0.2, 0.25) is 5.91 Å². The van der Waals surface area contributed by atoms with Gasteiger partial charge >= 0.3 is 0 Å². The Hall–Kier alpha value is 0.01000. The van der Waals surface area contributed by atoms with Gasteiger partial charge in [-0.15, -0.1) is 23.2 Å². The van der Waals surface area contributed by atoms with Crippen LogP contribution >= 0.6 is 23.2 Å². The Kier molecular flexibility index (Phi) is 5.16. The molecule has 0 bridgehead atoms. The van der Waals surface area contributed by atoms with Gasteiger partial charge in [0.25, 0.3) is 0 Å². The van der Waals surface area contributed by atoms with Crippen molar-refractivity contribution in [3.05, 3.63) is 0 Å². The van der Waals surface area contributed by atoms with E-state index in [-0.39, 0.29) is 11.8 Å². The molecular formula is C13H22Cl2N2O. The average molecular weight is 293 g/mol. The molecule has 0 aromatic heterocycles. The second kappa shape index (κ2) is 6.44. The minimum Gasteiger partial charge on any atom is -0.339 e. The Morgan fingerprint density at radius 2 is 1.89 bits per heavy atom. The normalized spacial score (nSPS) is 34.6. The van der Waals surface area contributed by atoms with Gasteiger partial charge in [-0.1, -0.05) is 6.92 Å². The molecule has 1 heterocycles. The number of alkyl halides is 2. The van der Waals surface area contributed by atoms with Crippen molar-refractivity contribution in [3.8, 4) is 0 Å². The zero-order valence-electron chi connectivity index (χ0n) is 10.9. The highest BCUT2D eigenvalue weighted by atomic mass is 35.5. The zero-order chi connectivity index (χ0) is 13.1. The van der Waals surface area contributed by atoms with Gasteiger partial charge < -0.3 is 4.90 Å². The summed E-state index contributed by atoms with van der Waals surface area (Å²) in [5.41, 5.74) is 0. The highest BCUT2D eigenvalue weighted by Gasteiger charge is 2.31. The van der Waals surface area contributed by atoms with Crippen LogP contribution in [0.5, 0.6) is 0 Å². The van der Waals surface area contributed by atoms with Crippen molar-refractivity contribution in [2.24, 2.45) is 5.92 Å². The largest absolute Gasteiger partial charge is 0.339 e. The Morgan fingerprint density at radius 1 is 1.22 bits per heavy atom. The van der Waals surface area contributed by atoms with Crippen molar-refractivity contribution in [1.29, 1.82) is 0 Å². The lowest BCUT2D eigenvalue weighted by Gasteiger charge is -2.42. The van der Waals surface area contributed by atoms with Crippen molar-refractivity contribution < 1.29 is 4.79 Å². The van der Waals surface area contributed by atoms with E-state index in [2.05, 4.69) is 11.8 Å². The van der Waals surface area contributed by atoms with Crippen molar-refractivity contribution >= 4 is 29.1 Å². The molecule has 3 nitrogen and oxygen atoms in total. The molecule has 2 aliphatic rings. The summed E-state index contributed by atoms with van der Waals surface area (Å²) in [5.74, 6) is 0.774. The number of carbonyl (C=O) groups is 1. The number of nitrogens with zero attached hydrogens (tertiary/aromatic N) is 2. The van der Waals surface area contributed by atoms with Crippen LogP contribution < -0.4 is 0 Å². The first-order valence-corrected chi connectivity index (χ1v) is 7.80. The fraction of sp³-hybridized carbons (Fsp3) is 0.923. The number of carbonyl (C=O) groups excluding carboxylic acids is 1. The molecule has 0 aromatic carbocycles. The lowest BCUT2D eigenvalue weighted by Crippen LogP contribution is -2.53. The molecule has 18 heavy (non-hydrogen) atoms. The smallest absolute Gasteiger partial charge is 0.237 e. The summed E-state index contributed by atoms with van der Waals surface area (Å²) < 4.78 is 0. The molecule has 3 unspecified atom stereocenters. The first kappa shape index (κ1) is 14.4. The van der Waals surface area contributed by atoms with Gasteiger partial charge in [0.1, 0.15) is 5.88 Å². The second-order valence-corrected chi connectivity index (χ2v) is 6.34. The zero-order valence-corrected chi connectivity index (χ0v) is 12.5. The first-order valence-electron chi connectivity index (χ1n) is 6.83. The number of rotatable bonds is 2. The topological polar surface area (TPSA) is 23.6 Å². The average Bonchev–Trinajstić information content (AvgIpc) is 2.41. The number of halogens is 2. The molecule has 0 N–H and O–H groups in total. The van der Waals surface area contributed by atoms with Crippen LogP contribution in [0.25, 0.3) is 0 Å². The Morgan fingerprint density at radius 3 is 2.44 bits per heavy atom. The fourth-order valence-corrected chi connectivity index (χ4v) is 3.48. The highest BCUT2D eigenvalue weighted by Crippen LogP contribution is 2.31. The van der Waals surface area contributed by atoms with Gasteiger partial charge in [-0.25, -0.2) is 0 Å². The van der Waals surface area contributed by atoms with Crippen LogP contribution in [0.15, 0.2) is 0 Å². The van der Waals surface area contributed by atoms with Crippen LogP contribution in [-0.2, 0) is 4.79 Å². The van der Waals surface area contributed by atoms with Crippen LogP contribution in [0.4, 0.5) is 0 Å². The molecular weight excluding hydrogens is 271 g/mol. The maximum absolute atomic E-state index is 11.5. The molecule has 1 aliphatic heterocycles. The third-order valence-electron chi connectivity index (χ3n) is 4.33. The molecule has 2 rings (SSSR count). The van der Waals surface area contributed by atoms with Crippen molar-refractivity contribution in [2.75, 3.05) is 32.1 Å². The van der Waals surface area contributed by atoms with Gasteiger partial charge in [0.15, 0.2) is 0 Å². The van der Waals surface area contributed by atoms with E-state index in [9.17, 15) is 4.79 Å². The SMILES string of the molecule is CC1CC(N2CCN(C(=O)CCl)CC2)CCC1Cl. The van der Waals surface area contributed by atoms with Gasteiger partial charge in [-0.05, 0) is 25.2 Å². The molecule has 0 aromatic rings. The van der Waals surface area contributed by atoms with Gasteiger partial charge in [0.05, 0.1) is 0 Å². The molecule has 1 aliphatic carbocycles. The summed E-state index contributed by atoms with van der Waals surface area (Å²) in [7, 11) is 0. The molecule has 1 amide bonds. The lowest BCUT2D eigenvalue weighted by atomic mass is 9.85. The maximum Gasteiger partial charge on any atom is 0.237 e. The minimum atomic E-state index is 0.0640. The lowest BCUT2D eigenvalue weighted by molar-refractivity contribution is -0.130. The quantitative estimate of drug-likeness (QED) is 0.729. The molecule has 104 valence electrons. The van der Waals surface area contributed by atoms with Crippen molar-refractivity contribution in [2.45, 2.75) is 37.6 Å². The van der Waals surface area contributed by atoms with E-state index in [0.29, 0.717) is 17.3 Å². The number of piperazine rings is 1. The minimum absolute atomic E-state index is 0.0640. The second-order valence-electron chi connectivity index (χ2n) is 5.51. The predicted octanol–water partition coefficient (Wildman–Crippen LogP) is 2.17. The third kappa shape index (κ3) is 3.31. The summed E-state index contributed by atoms with van der Waals surface area (Å²) in [5, 5.41) is 0.348. The standard InChI is InChI=1S/C13H22Cl2N2O/c1-10-8-11(2-3-12(10)15)16-4-6-17(7-5-16)13(18)9-14/h10-12H,2-9H2,1H3. The summed E-state index contributed by atoms with van der Waals surface area (Å²) in [6.45, 7) is 5.85. The van der Waals surface area contributed by atoms with Gasteiger partial charge in [-0.3, -0.25) is 9.69 Å². The molecule has 3 atom stereocenters. The fourth-order valence-electron chi connectivity index (χ4n) is 3.08. The predicted molar refractivity (Wildman–Crippen MR) is 75.3 cm³/mol. The molecule has 1 saturated carbocycles. The molecule has 5 heteroatoms. The van der Waals surface area contributed by atoms with Crippen LogP contribution in [0.3, 0.4) is 0 Å². The summed E-state index contributed by atoms with van der Waals surface area (Å²) in [4.78, 5) is 15.9. The molecule has 2 fully saturated rings. The van der Waals surface area contributed by atoms with E-state index in [0.717, 1.165) is 32.6 Å². The maximum atomic E-state index is 11.5.